The van der Waals surface area contributed by atoms with Crippen LogP contribution in [0.25, 0.3) is 5.69 Å². The average molecular weight is 367 g/mol. The van der Waals surface area contributed by atoms with Crippen LogP contribution in [0.2, 0.25) is 0 Å². The average Bonchev–Trinajstić information content (AvgIpc) is 3.11. The SMILES string of the molecule is CC(C)CCc1cn(-c2ccc(NC(=O)Nc3ccccc3F)cc2)nn1. The third kappa shape index (κ3) is 5.13. The van der Waals surface area contributed by atoms with Crippen molar-refractivity contribution in [2.24, 2.45) is 5.92 Å². The summed E-state index contributed by atoms with van der Waals surface area (Å²) in [6.07, 6.45) is 3.88. The number of rotatable bonds is 6. The maximum absolute atomic E-state index is 13.6. The number of aromatic nitrogens is 3. The first kappa shape index (κ1) is 18.6. The van der Waals surface area contributed by atoms with Crippen LogP contribution in [0.15, 0.2) is 54.7 Å². The normalized spacial score (nSPS) is 10.8. The van der Waals surface area contributed by atoms with E-state index >= 15 is 0 Å². The molecule has 6 nitrogen and oxygen atoms in total. The number of urea groups is 1. The van der Waals surface area contributed by atoms with Gasteiger partial charge in [0.1, 0.15) is 5.82 Å². The molecule has 1 aromatic heterocycles. The number of halogens is 1. The van der Waals surface area contributed by atoms with Gasteiger partial charge in [-0.15, -0.1) is 5.10 Å². The van der Waals surface area contributed by atoms with E-state index in [0.29, 0.717) is 11.6 Å². The lowest BCUT2D eigenvalue weighted by Gasteiger charge is -2.09. The smallest absolute Gasteiger partial charge is 0.308 e. The van der Waals surface area contributed by atoms with Gasteiger partial charge in [-0.05, 0) is 55.2 Å². The minimum absolute atomic E-state index is 0.128. The third-order valence-corrected chi connectivity index (χ3v) is 4.03. The topological polar surface area (TPSA) is 71.8 Å². The van der Waals surface area contributed by atoms with Gasteiger partial charge >= 0.3 is 6.03 Å². The molecule has 0 fully saturated rings. The Morgan fingerprint density at radius 1 is 1.11 bits per heavy atom. The van der Waals surface area contributed by atoms with E-state index in [-0.39, 0.29) is 5.69 Å². The Balaban J connectivity index is 1.60. The number of hydrogen-bond acceptors (Lipinski definition) is 3. The highest BCUT2D eigenvalue weighted by Crippen LogP contribution is 2.16. The largest absolute Gasteiger partial charge is 0.323 e. The van der Waals surface area contributed by atoms with Gasteiger partial charge in [0.05, 0.1) is 23.3 Å². The predicted octanol–water partition coefficient (Wildman–Crippen LogP) is 4.64. The number of nitrogens with zero attached hydrogens (tertiary/aromatic N) is 3. The maximum atomic E-state index is 13.6. The van der Waals surface area contributed by atoms with E-state index in [1.807, 2.05) is 18.3 Å². The van der Waals surface area contributed by atoms with E-state index in [2.05, 4.69) is 34.8 Å². The van der Waals surface area contributed by atoms with E-state index < -0.39 is 11.8 Å². The fraction of sp³-hybridized carbons (Fsp3) is 0.250. The highest BCUT2D eigenvalue weighted by Gasteiger charge is 2.08. The van der Waals surface area contributed by atoms with Gasteiger partial charge in [-0.25, -0.2) is 13.9 Å². The van der Waals surface area contributed by atoms with Crippen LogP contribution < -0.4 is 10.6 Å². The van der Waals surface area contributed by atoms with Gasteiger partial charge in [0.2, 0.25) is 0 Å². The summed E-state index contributed by atoms with van der Waals surface area (Å²) >= 11 is 0. The summed E-state index contributed by atoms with van der Waals surface area (Å²) in [5.74, 6) is 0.137. The molecule has 0 atom stereocenters. The quantitative estimate of drug-likeness (QED) is 0.667. The molecule has 0 radical (unpaired) electrons. The lowest BCUT2D eigenvalue weighted by atomic mass is 10.1. The second kappa shape index (κ2) is 8.44. The molecule has 0 aliphatic heterocycles. The number of aryl methyl sites for hydroxylation is 1. The van der Waals surface area contributed by atoms with Crippen molar-refractivity contribution in [3.8, 4) is 5.69 Å². The monoisotopic (exact) mass is 367 g/mol. The molecule has 0 saturated carbocycles. The first-order valence-corrected chi connectivity index (χ1v) is 8.85. The highest BCUT2D eigenvalue weighted by atomic mass is 19.1. The molecule has 3 rings (SSSR count). The second-order valence-electron chi connectivity index (χ2n) is 6.69. The van der Waals surface area contributed by atoms with Gasteiger partial charge in [0.15, 0.2) is 0 Å². The van der Waals surface area contributed by atoms with Crippen molar-refractivity contribution in [2.75, 3.05) is 10.6 Å². The number of anilines is 2. The van der Waals surface area contributed by atoms with Crippen molar-refractivity contribution in [1.82, 2.24) is 15.0 Å². The zero-order chi connectivity index (χ0) is 19.2. The fourth-order valence-corrected chi connectivity index (χ4v) is 2.52. The number of carbonyl (C=O) groups is 1. The Morgan fingerprint density at radius 2 is 1.85 bits per heavy atom. The molecule has 140 valence electrons. The number of nitrogens with one attached hydrogen (secondary N) is 2. The first-order chi connectivity index (χ1) is 13.0. The van der Waals surface area contributed by atoms with Gasteiger partial charge in [-0.1, -0.05) is 31.2 Å². The van der Waals surface area contributed by atoms with Crippen molar-refractivity contribution in [3.05, 3.63) is 66.2 Å². The summed E-state index contributed by atoms with van der Waals surface area (Å²) < 4.78 is 15.3. The van der Waals surface area contributed by atoms with Crippen molar-refractivity contribution >= 4 is 17.4 Å². The molecule has 2 N–H and O–H groups in total. The van der Waals surface area contributed by atoms with Crippen LogP contribution in [0.1, 0.15) is 26.0 Å². The molecular formula is C20H22FN5O. The Labute approximate surface area is 157 Å². The van der Waals surface area contributed by atoms with Gasteiger partial charge in [-0.2, -0.15) is 0 Å². The molecular weight excluding hydrogens is 345 g/mol. The Morgan fingerprint density at radius 3 is 2.56 bits per heavy atom. The lowest BCUT2D eigenvalue weighted by Crippen LogP contribution is -2.20. The van der Waals surface area contributed by atoms with E-state index in [4.69, 9.17) is 0 Å². The van der Waals surface area contributed by atoms with Crippen LogP contribution in [-0.4, -0.2) is 21.0 Å². The standard InChI is InChI=1S/C20H22FN5O/c1-14(2)7-8-16-13-26(25-24-16)17-11-9-15(10-12-17)22-20(27)23-19-6-4-3-5-18(19)21/h3-6,9-14H,7-8H2,1-2H3,(H2,22,23,27). The molecule has 0 bridgehead atoms. The molecule has 0 aliphatic rings. The van der Waals surface area contributed by atoms with Crippen molar-refractivity contribution in [1.29, 1.82) is 0 Å². The van der Waals surface area contributed by atoms with Gasteiger partial charge in [-0.3, -0.25) is 0 Å². The number of para-hydroxylation sites is 1. The minimum Gasteiger partial charge on any atom is -0.308 e. The Bertz CT molecular complexity index is 905. The van der Waals surface area contributed by atoms with E-state index in [0.717, 1.165) is 24.2 Å². The number of amides is 2. The summed E-state index contributed by atoms with van der Waals surface area (Å²) in [7, 11) is 0. The van der Waals surface area contributed by atoms with Crippen molar-refractivity contribution in [3.63, 3.8) is 0 Å². The first-order valence-electron chi connectivity index (χ1n) is 8.85. The number of hydrogen-bond donors (Lipinski definition) is 2. The molecule has 0 unspecified atom stereocenters. The summed E-state index contributed by atoms with van der Waals surface area (Å²) in [6.45, 7) is 4.36. The molecule has 7 heteroatoms. The molecule has 0 saturated heterocycles. The third-order valence-electron chi connectivity index (χ3n) is 4.03. The molecule has 3 aromatic rings. The zero-order valence-corrected chi connectivity index (χ0v) is 15.3. The van der Waals surface area contributed by atoms with Crippen LogP contribution >= 0.6 is 0 Å². The molecule has 2 aromatic carbocycles. The van der Waals surface area contributed by atoms with Crippen LogP contribution in [-0.2, 0) is 6.42 Å². The Hall–Kier alpha value is -3.22. The zero-order valence-electron chi connectivity index (χ0n) is 15.3. The van der Waals surface area contributed by atoms with Gasteiger partial charge < -0.3 is 10.6 Å². The predicted molar refractivity (Wildman–Crippen MR) is 104 cm³/mol. The molecule has 0 aliphatic carbocycles. The summed E-state index contributed by atoms with van der Waals surface area (Å²) in [4.78, 5) is 12.0. The van der Waals surface area contributed by atoms with Crippen LogP contribution in [0.3, 0.4) is 0 Å². The summed E-state index contributed by atoms with van der Waals surface area (Å²) in [6, 6.07) is 12.7. The van der Waals surface area contributed by atoms with E-state index in [9.17, 15) is 9.18 Å². The van der Waals surface area contributed by atoms with Crippen molar-refractivity contribution in [2.45, 2.75) is 26.7 Å². The number of benzene rings is 2. The number of carbonyl (C=O) groups excluding carboxylic acids is 1. The summed E-state index contributed by atoms with van der Waals surface area (Å²) in [5, 5.41) is 13.5. The van der Waals surface area contributed by atoms with E-state index in [1.165, 1.54) is 12.1 Å². The van der Waals surface area contributed by atoms with E-state index in [1.54, 1.807) is 28.9 Å². The van der Waals surface area contributed by atoms with Crippen LogP contribution in [0.5, 0.6) is 0 Å². The van der Waals surface area contributed by atoms with Gasteiger partial charge in [0.25, 0.3) is 0 Å². The van der Waals surface area contributed by atoms with Gasteiger partial charge in [0, 0.05) is 5.69 Å². The highest BCUT2D eigenvalue weighted by molar-refractivity contribution is 5.99. The summed E-state index contributed by atoms with van der Waals surface area (Å²) in [5.41, 5.74) is 2.52. The maximum Gasteiger partial charge on any atom is 0.323 e. The van der Waals surface area contributed by atoms with Crippen molar-refractivity contribution < 1.29 is 9.18 Å². The molecule has 0 spiro atoms. The van der Waals surface area contributed by atoms with Crippen LogP contribution in [0.4, 0.5) is 20.6 Å². The molecule has 1 heterocycles. The minimum atomic E-state index is -0.510. The second-order valence-corrected chi connectivity index (χ2v) is 6.69. The fourth-order valence-electron chi connectivity index (χ4n) is 2.52. The Kier molecular flexibility index (Phi) is 5.80. The lowest BCUT2D eigenvalue weighted by molar-refractivity contribution is 0.262. The molecule has 27 heavy (non-hydrogen) atoms. The molecule has 2 amide bonds. The van der Waals surface area contributed by atoms with Crippen LogP contribution in [0, 0.1) is 11.7 Å².